The number of aliphatic hydroxyl groups is 1. The molecule has 0 spiro atoms. The van der Waals surface area contributed by atoms with Crippen molar-refractivity contribution in [3.05, 3.63) is 29.8 Å². The first-order chi connectivity index (χ1) is 8.67. The van der Waals surface area contributed by atoms with Crippen molar-refractivity contribution in [1.82, 2.24) is 0 Å². The lowest BCUT2D eigenvalue weighted by Crippen LogP contribution is -2.17. The fraction of sp³-hybridized carbons (Fsp3) is 0.500. The summed E-state index contributed by atoms with van der Waals surface area (Å²) in [4.78, 5) is 11.7. The minimum Gasteiger partial charge on any atom is -0.491 e. The summed E-state index contributed by atoms with van der Waals surface area (Å²) in [7, 11) is 0. The molecule has 1 unspecified atom stereocenters. The molecule has 1 rings (SSSR count). The average Bonchev–Trinajstić information content (AvgIpc) is 2.37. The Kier molecular flexibility index (Phi) is 6.39. The molecule has 0 amide bonds. The molecule has 0 aliphatic carbocycles. The van der Waals surface area contributed by atoms with Crippen LogP contribution in [0.5, 0.6) is 5.75 Å². The van der Waals surface area contributed by atoms with Crippen LogP contribution in [0.1, 0.15) is 36.5 Å². The quantitative estimate of drug-likeness (QED) is 0.690. The number of nitrogens with two attached hydrogens (primary N) is 1. The van der Waals surface area contributed by atoms with Crippen molar-refractivity contribution < 1.29 is 14.6 Å². The van der Waals surface area contributed by atoms with Crippen LogP contribution in [-0.4, -0.2) is 30.1 Å². The van der Waals surface area contributed by atoms with Crippen molar-refractivity contribution in [3.63, 3.8) is 0 Å². The van der Waals surface area contributed by atoms with Gasteiger partial charge in [0.1, 0.15) is 12.4 Å². The fourth-order valence-corrected chi connectivity index (χ4v) is 1.64. The molecule has 3 N–H and O–H groups in total. The Labute approximate surface area is 108 Å². The van der Waals surface area contributed by atoms with Crippen molar-refractivity contribution in [2.24, 2.45) is 5.73 Å². The van der Waals surface area contributed by atoms with Gasteiger partial charge in [0.25, 0.3) is 0 Å². The standard InChI is InChI=1S/C14H21NO3/c1-2-4-12(16)10-18-13-6-3-5-11(9-13)14(17)7-8-15/h3,5-6,9,12,16H,2,4,7-8,10,15H2,1H3. The Morgan fingerprint density at radius 1 is 1.50 bits per heavy atom. The van der Waals surface area contributed by atoms with Crippen LogP contribution in [-0.2, 0) is 0 Å². The van der Waals surface area contributed by atoms with E-state index in [1.54, 1.807) is 24.3 Å². The van der Waals surface area contributed by atoms with Crippen molar-refractivity contribution in [2.75, 3.05) is 13.2 Å². The second-order valence-corrected chi connectivity index (χ2v) is 4.24. The number of hydrogen-bond acceptors (Lipinski definition) is 4. The Morgan fingerprint density at radius 3 is 2.94 bits per heavy atom. The Bertz CT molecular complexity index is 379. The van der Waals surface area contributed by atoms with E-state index in [-0.39, 0.29) is 12.4 Å². The van der Waals surface area contributed by atoms with Gasteiger partial charge in [-0.3, -0.25) is 4.79 Å². The lowest BCUT2D eigenvalue weighted by molar-refractivity contribution is 0.0975. The molecule has 0 aliphatic heterocycles. The van der Waals surface area contributed by atoms with Gasteiger partial charge in [-0.25, -0.2) is 0 Å². The van der Waals surface area contributed by atoms with Gasteiger partial charge in [-0.05, 0) is 25.1 Å². The lowest BCUT2D eigenvalue weighted by atomic mass is 10.1. The van der Waals surface area contributed by atoms with E-state index < -0.39 is 6.10 Å². The minimum absolute atomic E-state index is 0.0112. The Hall–Kier alpha value is -1.39. The summed E-state index contributed by atoms with van der Waals surface area (Å²) in [6.45, 7) is 2.61. The third kappa shape index (κ3) is 4.85. The van der Waals surface area contributed by atoms with Crippen LogP contribution in [0.4, 0.5) is 0 Å². The molecule has 1 aromatic carbocycles. The lowest BCUT2D eigenvalue weighted by Gasteiger charge is -2.11. The highest BCUT2D eigenvalue weighted by Gasteiger charge is 2.07. The molecule has 0 saturated heterocycles. The van der Waals surface area contributed by atoms with Gasteiger partial charge >= 0.3 is 0 Å². The van der Waals surface area contributed by atoms with Crippen molar-refractivity contribution in [3.8, 4) is 5.75 Å². The molecule has 4 nitrogen and oxygen atoms in total. The highest BCUT2D eigenvalue weighted by atomic mass is 16.5. The summed E-state index contributed by atoms with van der Waals surface area (Å²) < 4.78 is 5.46. The molecule has 0 saturated carbocycles. The minimum atomic E-state index is -0.460. The van der Waals surface area contributed by atoms with E-state index in [4.69, 9.17) is 10.5 Å². The van der Waals surface area contributed by atoms with Crippen LogP contribution < -0.4 is 10.5 Å². The summed E-state index contributed by atoms with van der Waals surface area (Å²) in [5.41, 5.74) is 5.95. The Balaban J connectivity index is 2.56. The number of carbonyl (C=O) groups is 1. The summed E-state index contributed by atoms with van der Waals surface area (Å²) in [6.07, 6.45) is 1.51. The van der Waals surface area contributed by atoms with Crippen LogP contribution in [0.2, 0.25) is 0 Å². The zero-order valence-corrected chi connectivity index (χ0v) is 10.8. The van der Waals surface area contributed by atoms with Gasteiger partial charge in [0.15, 0.2) is 5.78 Å². The molecule has 0 aromatic heterocycles. The molecule has 18 heavy (non-hydrogen) atoms. The predicted octanol–water partition coefficient (Wildman–Crippen LogP) is 1.76. The third-order valence-electron chi connectivity index (χ3n) is 2.59. The smallest absolute Gasteiger partial charge is 0.164 e. The monoisotopic (exact) mass is 251 g/mol. The number of ketones is 1. The summed E-state index contributed by atoms with van der Waals surface area (Å²) in [5.74, 6) is 0.616. The zero-order valence-electron chi connectivity index (χ0n) is 10.8. The van der Waals surface area contributed by atoms with Crippen LogP contribution in [0.25, 0.3) is 0 Å². The van der Waals surface area contributed by atoms with Crippen LogP contribution in [0.3, 0.4) is 0 Å². The second kappa shape index (κ2) is 7.84. The van der Waals surface area contributed by atoms with Crippen molar-refractivity contribution in [2.45, 2.75) is 32.3 Å². The van der Waals surface area contributed by atoms with E-state index in [0.717, 1.165) is 6.42 Å². The SMILES string of the molecule is CCCC(O)COc1cccc(C(=O)CCN)c1. The molecular formula is C14H21NO3. The Morgan fingerprint density at radius 2 is 2.28 bits per heavy atom. The summed E-state index contributed by atoms with van der Waals surface area (Å²) in [6, 6.07) is 6.98. The predicted molar refractivity (Wildman–Crippen MR) is 70.9 cm³/mol. The number of benzene rings is 1. The maximum absolute atomic E-state index is 11.7. The molecule has 0 radical (unpaired) electrons. The number of carbonyl (C=O) groups excluding carboxylic acids is 1. The van der Waals surface area contributed by atoms with Crippen LogP contribution in [0.15, 0.2) is 24.3 Å². The highest BCUT2D eigenvalue weighted by Crippen LogP contribution is 2.15. The van der Waals surface area contributed by atoms with Crippen molar-refractivity contribution in [1.29, 1.82) is 0 Å². The number of aliphatic hydroxyl groups excluding tert-OH is 1. The molecule has 0 aliphatic rings. The maximum atomic E-state index is 11.7. The van der Waals surface area contributed by atoms with Gasteiger partial charge in [-0.1, -0.05) is 25.5 Å². The summed E-state index contributed by atoms with van der Waals surface area (Å²) >= 11 is 0. The molecule has 1 aromatic rings. The fourth-order valence-electron chi connectivity index (χ4n) is 1.64. The number of rotatable bonds is 8. The second-order valence-electron chi connectivity index (χ2n) is 4.24. The van der Waals surface area contributed by atoms with E-state index in [1.807, 2.05) is 6.92 Å². The molecular weight excluding hydrogens is 230 g/mol. The van der Waals surface area contributed by atoms with Gasteiger partial charge in [0, 0.05) is 12.0 Å². The first-order valence-electron chi connectivity index (χ1n) is 6.31. The highest BCUT2D eigenvalue weighted by molar-refractivity contribution is 5.96. The van der Waals surface area contributed by atoms with Gasteiger partial charge in [0.05, 0.1) is 6.10 Å². The molecule has 4 heteroatoms. The molecule has 100 valence electrons. The van der Waals surface area contributed by atoms with E-state index in [1.165, 1.54) is 0 Å². The van der Waals surface area contributed by atoms with Gasteiger partial charge in [0.2, 0.25) is 0 Å². The van der Waals surface area contributed by atoms with E-state index >= 15 is 0 Å². The number of ether oxygens (including phenoxy) is 1. The van der Waals surface area contributed by atoms with Gasteiger partial charge in [-0.2, -0.15) is 0 Å². The van der Waals surface area contributed by atoms with E-state index in [0.29, 0.717) is 30.7 Å². The third-order valence-corrected chi connectivity index (χ3v) is 2.59. The van der Waals surface area contributed by atoms with Crippen LogP contribution >= 0.6 is 0 Å². The summed E-state index contributed by atoms with van der Waals surface area (Å²) in [5, 5.41) is 9.56. The number of hydrogen-bond donors (Lipinski definition) is 2. The van der Waals surface area contributed by atoms with E-state index in [2.05, 4.69) is 0 Å². The normalized spacial score (nSPS) is 12.2. The van der Waals surface area contributed by atoms with Crippen LogP contribution in [0, 0.1) is 0 Å². The average molecular weight is 251 g/mol. The first kappa shape index (κ1) is 14.7. The molecule has 1 atom stereocenters. The van der Waals surface area contributed by atoms with Gasteiger partial charge < -0.3 is 15.6 Å². The number of Topliss-reactive ketones (excluding diaryl/α,β-unsaturated/α-hetero) is 1. The molecule has 0 fully saturated rings. The largest absolute Gasteiger partial charge is 0.491 e. The molecule has 0 heterocycles. The van der Waals surface area contributed by atoms with Gasteiger partial charge in [-0.15, -0.1) is 0 Å². The topological polar surface area (TPSA) is 72.5 Å². The maximum Gasteiger partial charge on any atom is 0.164 e. The molecule has 0 bridgehead atoms. The van der Waals surface area contributed by atoms with E-state index in [9.17, 15) is 9.90 Å². The van der Waals surface area contributed by atoms with Crippen molar-refractivity contribution >= 4 is 5.78 Å². The zero-order chi connectivity index (χ0) is 13.4. The first-order valence-corrected chi connectivity index (χ1v) is 6.31.